The third-order valence-corrected chi connectivity index (χ3v) is 9.48. The molecule has 49 heavy (non-hydrogen) atoms. The number of benzene rings is 4. The molecule has 0 N–H and O–H groups in total. The Morgan fingerprint density at radius 2 is 1.27 bits per heavy atom. The van der Waals surface area contributed by atoms with Crippen LogP contribution in [0.1, 0.15) is 37.3 Å². The number of hydrogen-bond acceptors (Lipinski definition) is 8. The van der Waals surface area contributed by atoms with Crippen LogP contribution in [-0.2, 0) is 18.6 Å². The van der Waals surface area contributed by atoms with E-state index in [9.17, 15) is 9.36 Å². The molecule has 10 heteroatoms. The summed E-state index contributed by atoms with van der Waals surface area (Å²) >= 11 is 5.34. The van der Waals surface area contributed by atoms with Crippen LogP contribution in [0, 0.1) is 4.64 Å². The fourth-order valence-corrected chi connectivity index (χ4v) is 6.75. The van der Waals surface area contributed by atoms with Crippen molar-refractivity contribution < 1.29 is 32.5 Å². The Balaban J connectivity index is 1.47. The minimum Gasteiger partial charge on any atom is -0.395 e. The zero-order chi connectivity index (χ0) is 34.5. The van der Waals surface area contributed by atoms with Crippen molar-refractivity contribution in [2.45, 2.75) is 37.9 Å². The Kier molecular flexibility index (Phi) is 12.4. The number of aromatic nitrogens is 1. The van der Waals surface area contributed by atoms with Crippen molar-refractivity contribution >= 4 is 31.6 Å². The number of carbonyl (C=O) groups excluding carboxylic acids is 1. The van der Waals surface area contributed by atoms with E-state index in [1.807, 2.05) is 36.4 Å². The van der Waals surface area contributed by atoms with Gasteiger partial charge in [-0.3, -0.25) is 4.52 Å². The summed E-state index contributed by atoms with van der Waals surface area (Å²) in [6.07, 6.45) is 3.84. The first-order chi connectivity index (χ1) is 23.8. The second-order valence-corrected chi connectivity index (χ2v) is 13.1. The predicted octanol–water partition coefficient (Wildman–Crippen LogP) is 9.53. The first kappa shape index (κ1) is 35.5. The highest BCUT2D eigenvalue weighted by Gasteiger charge is 2.49. The average molecular weight is 696 g/mol. The Labute approximate surface area is 292 Å². The molecule has 0 aliphatic rings. The van der Waals surface area contributed by atoms with E-state index in [2.05, 4.69) is 30.3 Å². The van der Waals surface area contributed by atoms with Crippen molar-refractivity contribution in [1.29, 1.82) is 0 Å². The van der Waals surface area contributed by atoms with Crippen LogP contribution in [0.2, 0.25) is 0 Å². The molecule has 0 spiro atoms. The smallest absolute Gasteiger partial charge is 0.395 e. The molecule has 252 valence electrons. The number of carbonyl (C=O) groups is 1. The van der Waals surface area contributed by atoms with E-state index in [1.54, 1.807) is 78.9 Å². The van der Waals surface area contributed by atoms with Crippen molar-refractivity contribution in [2.75, 3.05) is 7.11 Å². The van der Waals surface area contributed by atoms with Crippen molar-refractivity contribution in [3.05, 3.63) is 168 Å². The lowest BCUT2D eigenvalue weighted by Gasteiger charge is -2.35. The van der Waals surface area contributed by atoms with Crippen LogP contribution in [0.4, 0.5) is 0 Å². The molecule has 0 amide bonds. The van der Waals surface area contributed by atoms with Crippen molar-refractivity contribution in [2.24, 2.45) is 0 Å². The molecule has 8 nitrogen and oxygen atoms in total. The van der Waals surface area contributed by atoms with E-state index in [0.29, 0.717) is 12.8 Å². The van der Waals surface area contributed by atoms with E-state index in [4.69, 9.17) is 35.4 Å². The fraction of sp³-hybridized carbons (Fsp3) is 0.179. The number of pyridine rings is 1. The first-order valence-electron chi connectivity index (χ1n) is 15.8. The van der Waals surface area contributed by atoms with Gasteiger partial charge in [0.25, 0.3) is 0 Å². The Morgan fingerprint density at radius 1 is 0.776 bits per heavy atom. The number of nitrogens with zero attached hydrogens (tertiary/aromatic N) is 1. The number of para-hydroxylation sites is 2. The number of allylic oxidation sites excluding steroid dienone is 1. The van der Waals surface area contributed by atoms with Gasteiger partial charge < -0.3 is 18.6 Å². The molecule has 4 aromatic carbocycles. The molecule has 0 fully saturated rings. The van der Waals surface area contributed by atoms with Crippen molar-refractivity contribution in [1.82, 2.24) is 4.73 Å². The molecular weight excluding hydrogens is 657 g/mol. The third kappa shape index (κ3) is 9.65. The molecule has 2 atom stereocenters. The van der Waals surface area contributed by atoms with Crippen molar-refractivity contribution in [3.63, 3.8) is 0 Å². The minimum atomic E-state index is -4.45. The van der Waals surface area contributed by atoms with E-state index in [1.165, 1.54) is 25.0 Å². The summed E-state index contributed by atoms with van der Waals surface area (Å²) in [4.78, 5) is 19.6. The molecule has 0 saturated heterocycles. The maximum absolute atomic E-state index is 14.6. The molecule has 1 aromatic heterocycles. The molecule has 0 aliphatic heterocycles. The number of hydrogen-bond donors (Lipinski definition) is 0. The third-order valence-electron chi connectivity index (χ3n) is 7.78. The number of phosphoric ester groups is 1. The molecule has 0 saturated carbocycles. The van der Waals surface area contributed by atoms with E-state index in [-0.39, 0.29) is 22.6 Å². The molecule has 2 unspecified atom stereocenters. The Bertz CT molecular complexity index is 1830. The largest absolute Gasteiger partial charge is 0.587 e. The van der Waals surface area contributed by atoms with Crippen LogP contribution in [0.25, 0.3) is 5.57 Å². The van der Waals surface area contributed by atoms with E-state index >= 15 is 0 Å². The molecule has 0 aliphatic carbocycles. The highest BCUT2D eigenvalue weighted by atomic mass is 32.1. The lowest BCUT2D eigenvalue weighted by atomic mass is 9.93. The second kappa shape index (κ2) is 17.0. The maximum atomic E-state index is 14.6. The highest BCUT2D eigenvalue weighted by molar-refractivity contribution is 7.71. The van der Waals surface area contributed by atoms with Gasteiger partial charge in [0.15, 0.2) is 5.60 Å². The van der Waals surface area contributed by atoms with Gasteiger partial charge >= 0.3 is 13.8 Å². The van der Waals surface area contributed by atoms with E-state index in [0.717, 1.165) is 16.7 Å². The summed E-state index contributed by atoms with van der Waals surface area (Å²) in [6.45, 7) is 1.52. The zero-order valence-electron chi connectivity index (χ0n) is 27.3. The van der Waals surface area contributed by atoms with Crippen LogP contribution in [0.15, 0.2) is 152 Å². The molecule has 0 radical (unpaired) electrons. The van der Waals surface area contributed by atoms with Gasteiger partial charge in [-0.1, -0.05) is 121 Å². The lowest BCUT2D eigenvalue weighted by Crippen LogP contribution is -2.53. The van der Waals surface area contributed by atoms with Crippen LogP contribution in [-0.4, -0.2) is 29.5 Å². The van der Waals surface area contributed by atoms with Gasteiger partial charge in [-0.25, -0.2) is 9.36 Å². The minimum absolute atomic E-state index is 0.216. The Hall–Kier alpha value is -4.79. The van der Waals surface area contributed by atoms with Crippen molar-refractivity contribution in [3.8, 4) is 11.5 Å². The normalized spacial score (nSPS) is 13.0. The molecular formula is C39H38NO7PS. The molecule has 5 rings (SSSR count). The number of rotatable bonds is 16. The molecule has 5 aromatic rings. The van der Waals surface area contributed by atoms with Crippen LogP contribution in [0.5, 0.6) is 11.5 Å². The standard InChI is InChI=1S/C39H38NO7PS/c1-39(43-2,38(41)44-40-30-18-17-29-37(40)49)36(28-16-15-27-35(31-19-7-3-8-20-31)32-21-9-4-10-22-32)47-48(42,45-33-23-11-5-12-24-33)46-34-25-13-6-14-26-34/h3-14,17-27,29-30,36H,15-16,28H2,1-2H3. The Morgan fingerprint density at radius 3 is 1.76 bits per heavy atom. The van der Waals surface area contributed by atoms with Crippen LogP contribution in [0.3, 0.4) is 0 Å². The number of ether oxygens (including phenoxy) is 1. The van der Waals surface area contributed by atoms with Gasteiger partial charge in [0.05, 0.1) is 0 Å². The fourth-order valence-electron chi connectivity index (χ4n) is 5.07. The van der Waals surface area contributed by atoms with Crippen LogP contribution < -0.4 is 13.9 Å². The van der Waals surface area contributed by atoms with Crippen LogP contribution >= 0.6 is 20.0 Å². The monoisotopic (exact) mass is 695 g/mol. The van der Waals surface area contributed by atoms with Gasteiger partial charge in [-0.2, -0.15) is 4.73 Å². The van der Waals surface area contributed by atoms with Gasteiger partial charge in [0.1, 0.15) is 22.2 Å². The summed E-state index contributed by atoms with van der Waals surface area (Å²) in [5.74, 6) is -0.287. The van der Waals surface area contributed by atoms with Gasteiger partial charge in [-0.15, -0.1) is 0 Å². The predicted molar refractivity (Wildman–Crippen MR) is 193 cm³/mol. The number of methoxy groups -OCH3 is 1. The quantitative estimate of drug-likeness (QED) is 0.0574. The number of unbranched alkanes of at least 4 members (excludes halogenated alkanes) is 1. The van der Waals surface area contributed by atoms with E-state index < -0.39 is 25.5 Å². The SMILES string of the molecule is COC(C)(C(=O)On1ccccc1=S)C(CCCC=C(c1ccccc1)c1ccccc1)OP(=O)(Oc1ccccc1)Oc1ccccc1. The first-order valence-corrected chi connectivity index (χ1v) is 17.7. The lowest BCUT2D eigenvalue weighted by molar-refractivity contribution is -0.180. The summed E-state index contributed by atoms with van der Waals surface area (Å²) in [6, 6.07) is 42.4. The zero-order valence-corrected chi connectivity index (χ0v) is 29.0. The summed E-state index contributed by atoms with van der Waals surface area (Å²) < 4.78 is 40.0. The van der Waals surface area contributed by atoms with Gasteiger partial charge in [-0.05, 0) is 79.3 Å². The number of phosphoric acid groups is 1. The molecule has 1 heterocycles. The van der Waals surface area contributed by atoms with Gasteiger partial charge in [0, 0.05) is 13.3 Å². The highest BCUT2D eigenvalue weighted by Crippen LogP contribution is 2.52. The summed E-state index contributed by atoms with van der Waals surface area (Å²) in [7, 11) is -3.09. The maximum Gasteiger partial charge on any atom is 0.587 e. The average Bonchev–Trinajstić information content (AvgIpc) is 3.13. The second-order valence-electron chi connectivity index (χ2n) is 11.2. The van der Waals surface area contributed by atoms with Gasteiger partial charge in [0.2, 0.25) is 0 Å². The topological polar surface area (TPSA) is 85.2 Å². The molecule has 0 bridgehead atoms. The summed E-state index contributed by atoms with van der Waals surface area (Å²) in [5, 5.41) is 0. The summed E-state index contributed by atoms with van der Waals surface area (Å²) in [5.41, 5.74) is 1.44.